The first-order chi connectivity index (χ1) is 34.6. The van der Waals surface area contributed by atoms with Gasteiger partial charge in [0.15, 0.2) is 24.6 Å². The van der Waals surface area contributed by atoms with E-state index in [1.165, 1.54) is 12.8 Å². The number of carboxylic acids is 1. The van der Waals surface area contributed by atoms with Gasteiger partial charge in [0.2, 0.25) is 0 Å². The van der Waals surface area contributed by atoms with Gasteiger partial charge in [0, 0.05) is 19.3 Å². The number of aliphatic hydroxyl groups is 2. The van der Waals surface area contributed by atoms with Gasteiger partial charge in [-0.2, -0.15) is 0 Å². The smallest absolute Gasteiger partial charge is 0.335 e. The summed E-state index contributed by atoms with van der Waals surface area (Å²) < 4.78 is 28.3. The van der Waals surface area contributed by atoms with Gasteiger partial charge in [-0.25, -0.2) is 4.79 Å². The molecule has 12 heteroatoms. The Hall–Kier alpha value is -4.36. The van der Waals surface area contributed by atoms with Crippen LogP contribution in [0.3, 0.4) is 0 Å². The lowest BCUT2D eigenvalue weighted by molar-refractivity contribution is -0.301. The number of esters is 3. The second-order valence-corrected chi connectivity index (χ2v) is 18.1. The molecule has 12 nitrogen and oxygen atoms in total. The Morgan fingerprint density at radius 1 is 0.479 bits per heavy atom. The van der Waals surface area contributed by atoms with Crippen LogP contribution < -0.4 is 0 Å². The number of allylic oxidation sites excluding steroid dienone is 16. The van der Waals surface area contributed by atoms with Gasteiger partial charge in [0.25, 0.3) is 0 Å². The quantitative estimate of drug-likeness (QED) is 0.0228. The Bertz CT molecular complexity index is 1610. The fourth-order valence-corrected chi connectivity index (χ4v) is 7.47. The lowest BCUT2D eigenvalue weighted by atomic mass is 9.98. The van der Waals surface area contributed by atoms with Crippen LogP contribution in [0.5, 0.6) is 0 Å². The third-order valence-corrected chi connectivity index (χ3v) is 11.6. The normalized spacial score (nSPS) is 19.3. The second-order valence-electron chi connectivity index (χ2n) is 18.1. The summed E-state index contributed by atoms with van der Waals surface area (Å²) in [6, 6.07) is 0. The van der Waals surface area contributed by atoms with Gasteiger partial charge >= 0.3 is 23.9 Å². The molecule has 0 radical (unpaired) electrons. The molecule has 0 aromatic heterocycles. The summed E-state index contributed by atoms with van der Waals surface area (Å²) in [4.78, 5) is 50.9. The van der Waals surface area contributed by atoms with E-state index in [-0.39, 0.29) is 25.9 Å². The molecule has 0 bridgehead atoms. The maximum atomic E-state index is 13.1. The number of rotatable bonds is 44. The average molecular weight is 995 g/mol. The molecule has 1 aliphatic rings. The van der Waals surface area contributed by atoms with Gasteiger partial charge in [-0.15, -0.1) is 0 Å². The SMILES string of the molecule is CC/C=C\C/C=C\C/C=C\C/C=C\CCCCC(=O)OC1C(OCC(COC(=O)CCCCCCC/C=C\C/C=C\C/C=C\CC)OC(=O)CCCCCCC/C=C\CCCC)OC(C(=O)O)C(O)C1O. The first kappa shape index (κ1) is 64.7. The summed E-state index contributed by atoms with van der Waals surface area (Å²) in [7, 11) is 0. The van der Waals surface area contributed by atoms with Crippen LogP contribution in [0.2, 0.25) is 0 Å². The van der Waals surface area contributed by atoms with Crippen molar-refractivity contribution in [2.45, 2.75) is 237 Å². The van der Waals surface area contributed by atoms with E-state index in [1.54, 1.807) is 0 Å². The van der Waals surface area contributed by atoms with Crippen LogP contribution >= 0.6 is 0 Å². The molecule has 1 fully saturated rings. The number of carboxylic acid groups (broad SMARTS) is 1. The van der Waals surface area contributed by atoms with Crippen molar-refractivity contribution >= 4 is 23.9 Å². The zero-order valence-electron chi connectivity index (χ0n) is 43.9. The predicted octanol–water partition coefficient (Wildman–Crippen LogP) is 13.3. The van der Waals surface area contributed by atoms with Crippen molar-refractivity contribution in [3.8, 4) is 0 Å². The molecule has 3 N–H and O–H groups in total. The van der Waals surface area contributed by atoms with E-state index in [0.717, 1.165) is 122 Å². The van der Waals surface area contributed by atoms with E-state index < -0.39 is 67.3 Å². The number of carbonyl (C=O) groups excluding carboxylic acids is 3. The first-order valence-electron chi connectivity index (χ1n) is 27.2. The van der Waals surface area contributed by atoms with Crippen LogP contribution in [-0.2, 0) is 42.9 Å². The highest BCUT2D eigenvalue weighted by atomic mass is 16.7. The molecule has 0 aromatic carbocycles. The van der Waals surface area contributed by atoms with Crippen LogP contribution in [-0.4, -0.2) is 89.2 Å². The van der Waals surface area contributed by atoms with Crippen molar-refractivity contribution in [1.29, 1.82) is 0 Å². The van der Waals surface area contributed by atoms with Gasteiger partial charge in [0.05, 0.1) is 6.61 Å². The molecule has 1 rings (SSSR count). The highest BCUT2D eigenvalue weighted by molar-refractivity contribution is 5.74. The maximum Gasteiger partial charge on any atom is 0.335 e. The lowest BCUT2D eigenvalue weighted by Gasteiger charge is -2.40. The van der Waals surface area contributed by atoms with E-state index in [1.807, 2.05) is 0 Å². The number of carbonyl (C=O) groups is 4. The van der Waals surface area contributed by atoms with Gasteiger partial charge in [-0.3, -0.25) is 14.4 Å². The van der Waals surface area contributed by atoms with Crippen molar-refractivity contribution in [2.75, 3.05) is 13.2 Å². The molecule has 0 amide bonds. The van der Waals surface area contributed by atoms with Crippen LogP contribution in [0.4, 0.5) is 0 Å². The molecule has 1 aliphatic heterocycles. The van der Waals surface area contributed by atoms with Crippen LogP contribution in [0.1, 0.15) is 201 Å². The second kappa shape index (κ2) is 46.7. The molecule has 6 unspecified atom stereocenters. The number of aliphatic hydroxyl groups excluding tert-OH is 2. The topological polar surface area (TPSA) is 175 Å². The number of unbranched alkanes of at least 4 members (excludes halogenated alkanes) is 14. The Kier molecular flexibility index (Phi) is 42.5. The number of hydrogen-bond acceptors (Lipinski definition) is 11. The van der Waals surface area contributed by atoms with Crippen LogP contribution in [0.15, 0.2) is 97.2 Å². The lowest BCUT2D eigenvalue weighted by Crippen LogP contribution is -2.61. The molecule has 0 saturated carbocycles. The first-order valence-corrected chi connectivity index (χ1v) is 27.2. The minimum absolute atomic E-state index is 0.00135. The van der Waals surface area contributed by atoms with Crippen molar-refractivity contribution in [1.82, 2.24) is 0 Å². The highest BCUT2D eigenvalue weighted by Gasteiger charge is 2.50. The summed E-state index contributed by atoms with van der Waals surface area (Å²) in [6.45, 7) is 5.65. The van der Waals surface area contributed by atoms with E-state index in [0.29, 0.717) is 25.7 Å². The van der Waals surface area contributed by atoms with Crippen molar-refractivity contribution in [2.24, 2.45) is 0 Å². The Morgan fingerprint density at radius 3 is 1.39 bits per heavy atom. The Morgan fingerprint density at radius 2 is 0.887 bits per heavy atom. The molecule has 0 aliphatic carbocycles. The number of aliphatic carboxylic acids is 1. The maximum absolute atomic E-state index is 13.1. The molecule has 1 saturated heterocycles. The van der Waals surface area contributed by atoms with Gasteiger partial charge in [-0.05, 0) is 109 Å². The monoisotopic (exact) mass is 995 g/mol. The molecule has 1 heterocycles. The van der Waals surface area contributed by atoms with E-state index >= 15 is 0 Å². The van der Waals surface area contributed by atoms with E-state index in [9.17, 15) is 34.5 Å². The number of hydrogen-bond donors (Lipinski definition) is 3. The van der Waals surface area contributed by atoms with Crippen molar-refractivity contribution in [3.05, 3.63) is 97.2 Å². The molecular weight excluding hydrogens is 901 g/mol. The summed E-state index contributed by atoms with van der Waals surface area (Å²) >= 11 is 0. The molecule has 0 aromatic rings. The minimum Gasteiger partial charge on any atom is -0.479 e. The number of ether oxygens (including phenoxy) is 5. The predicted molar refractivity (Wildman–Crippen MR) is 284 cm³/mol. The third kappa shape index (κ3) is 37.1. The van der Waals surface area contributed by atoms with Crippen LogP contribution in [0, 0.1) is 0 Å². The fourth-order valence-electron chi connectivity index (χ4n) is 7.47. The summed E-state index contributed by atoms with van der Waals surface area (Å²) in [5.41, 5.74) is 0. The molecule has 402 valence electrons. The molecular formula is C59H94O12. The van der Waals surface area contributed by atoms with Crippen LogP contribution in [0.25, 0.3) is 0 Å². The molecule has 6 atom stereocenters. The van der Waals surface area contributed by atoms with E-state index in [4.69, 9.17) is 23.7 Å². The largest absolute Gasteiger partial charge is 0.479 e. The summed E-state index contributed by atoms with van der Waals surface area (Å²) in [6.07, 6.45) is 48.2. The van der Waals surface area contributed by atoms with E-state index in [2.05, 4.69) is 118 Å². The van der Waals surface area contributed by atoms with Crippen molar-refractivity contribution < 1.29 is 58.2 Å². The summed E-state index contributed by atoms with van der Waals surface area (Å²) in [5, 5.41) is 31.4. The van der Waals surface area contributed by atoms with Gasteiger partial charge < -0.3 is 39.0 Å². The van der Waals surface area contributed by atoms with Crippen molar-refractivity contribution in [3.63, 3.8) is 0 Å². The zero-order chi connectivity index (χ0) is 51.8. The summed E-state index contributed by atoms with van der Waals surface area (Å²) in [5.74, 6) is -3.22. The fraction of sp³-hybridized carbons (Fsp3) is 0.661. The highest BCUT2D eigenvalue weighted by Crippen LogP contribution is 2.26. The van der Waals surface area contributed by atoms with Gasteiger partial charge in [0.1, 0.15) is 18.8 Å². The Labute approximate surface area is 428 Å². The minimum atomic E-state index is -1.92. The molecule has 71 heavy (non-hydrogen) atoms. The zero-order valence-corrected chi connectivity index (χ0v) is 43.9. The standard InChI is InChI=1S/C59H94O12/c1-4-7-10-13-16-19-22-24-26-28-31-33-36-39-42-45-51(60)67-48-50(69-52(61)46-43-40-37-34-30-21-18-15-12-9-6-3)49-68-59-57(55(64)54(63)56(71-59)58(65)66)70-53(62)47-44-41-38-35-32-29-27-25-23-20-17-14-11-8-5-2/h7-8,10-11,15-20,24-27,32,35,50,54-57,59,63-64H,4-6,9,12-14,21-23,28-31,33-34,36-49H2,1-3H3,(H,65,66)/b10-7-,11-8-,18-15-,19-16-,20-17-,26-24-,27-25-,35-32-. The average Bonchev–Trinajstić information content (AvgIpc) is 3.35. The Balaban J connectivity index is 2.76. The molecule has 0 spiro atoms. The third-order valence-electron chi connectivity index (χ3n) is 11.6. The van der Waals surface area contributed by atoms with Gasteiger partial charge in [-0.1, -0.05) is 169 Å².